The SMILES string of the molecule is COC(=O)C[C@H]1CNc2cc(NC(=O)OC(C)(C)C)ccc2O1. The number of nitrogens with one attached hydrogen (secondary N) is 2. The number of fused-ring (bicyclic) bond motifs is 1. The molecule has 0 unspecified atom stereocenters. The summed E-state index contributed by atoms with van der Waals surface area (Å²) in [6, 6.07) is 5.21. The van der Waals surface area contributed by atoms with E-state index in [1.54, 1.807) is 39.0 Å². The second-order valence-electron chi connectivity index (χ2n) is 6.24. The lowest BCUT2D eigenvalue weighted by molar-refractivity contribution is -0.142. The van der Waals surface area contributed by atoms with Crippen LogP contribution in [0, 0.1) is 0 Å². The fourth-order valence-electron chi connectivity index (χ4n) is 2.10. The van der Waals surface area contributed by atoms with E-state index in [2.05, 4.69) is 15.4 Å². The maximum atomic E-state index is 11.8. The molecule has 1 aromatic rings. The lowest BCUT2D eigenvalue weighted by Crippen LogP contribution is -2.33. The molecule has 0 aliphatic carbocycles. The first-order chi connectivity index (χ1) is 10.8. The summed E-state index contributed by atoms with van der Waals surface area (Å²) in [4.78, 5) is 23.1. The summed E-state index contributed by atoms with van der Waals surface area (Å²) in [5.74, 6) is 0.309. The number of ether oxygens (including phenoxy) is 3. The fourth-order valence-corrected chi connectivity index (χ4v) is 2.10. The van der Waals surface area contributed by atoms with Gasteiger partial charge in [0, 0.05) is 5.69 Å². The van der Waals surface area contributed by atoms with Crippen molar-refractivity contribution < 1.29 is 23.8 Å². The van der Waals surface area contributed by atoms with Crippen LogP contribution in [0.3, 0.4) is 0 Å². The molecule has 1 heterocycles. The molecule has 2 N–H and O–H groups in total. The Bertz CT molecular complexity index is 595. The highest BCUT2D eigenvalue weighted by molar-refractivity contribution is 5.86. The molecule has 0 saturated carbocycles. The van der Waals surface area contributed by atoms with Crippen LogP contribution < -0.4 is 15.4 Å². The Morgan fingerprint density at radius 2 is 2.13 bits per heavy atom. The minimum absolute atomic E-state index is 0.181. The Morgan fingerprint density at radius 1 is 1.39 bits per heavy atom. The Balaban J connectivity index is 1.99. The standard InChI is InChI=1S/C16H22N2O5/c1-16(2,3)23-15(20)18-10-5-6-13-12(7-10)17-9-11(22-13)8-14(19)21-4/h5-7,11,17H,8-9H2,1-4H3,(H,18,20)/t11-/m0/s1. The van der Waals surface area contributed by atoms with Crippen LogP contribution in [0.15, 0.2) is 18.2 Å². The van der Waals surface area contributed by atoms with E-state index in [4.69, 9.17) is 9.47 Å². The molecule has 1 aliphatic heterocycles. The van der Waals surface area contributed by atoms with Gasteiger partial charge in [0.2, 0.25) is 0 Å². The number of anilines is 2. The van der Waals surface area contributed by atoms with E-state index in [-0.39, 0.29) is 18.5 Å². The predicted molar refractivity (Wildman–Crippen MR) is 85.8 cm³/mol. The van der Waals surface area contributed by atoms with Crippen molar-refractivity contribution in [3.8, 4) is 5.75 Å². The number of methoxy groups -OCH3 is 1. The van der Waals surface area contributed by atoms with Crippen LogP contribution in [0.5, 0.6) is 5.75 Å². The molecule has 1 aliphatic rings. The van der Waals surface area contributed by atoms with Gasteiger partial charge in [0.25, 0.3) is 0 Å². The molecule has 1 amide bonds. The lowest BCUT2D eigenvalue weighted by Gasteiger charge is -2.27. The minimum atomic E-state index is -0.555. The summed E-state index contributed by atoms with van der Waals surface area (Å²) in [5, 5.41) is 5.85. The Kier molecular flexibility index (Phi) is 4.98. The van der Waals surface area contributed by atoms with Gasteiger partial charge in [-0.15, -0.1) is 0 Å². The van der Waals surface area contributed by atoms with Crippen molar-refractivity contribution >= 4 is 23.4 Å². The van der Waals surface area contributed by atoms with Crippen LogP contribution in [0.1, 0.15) is 27.2 Å². The summed E-state index contributed by atoms with van der Waals surface area (Å²) >= 11 is 0. The molecule has 0 aromatic heterocycles. The average molecular weight is 322 g/mol. The van der Waals surface area contributed by atoms with E-state index >= 15 is 0 Å². The van der Waals surface area contributed by atoms with Gasteiger partial charge in [-0.1, -0.05) is 0 Å². The van der Waals surface area contributed by atoms with Crippen molar-refractivity contribution in [2.75, 3.05) is 24.3 Å². The Labute approximate surface area is 135 Å². The van der Waals surface area contributed by atoms with Gasteiger partial charge in [0.05, 0.1) is 25.8 Å². The van der Waals surface area contributed by atoms with Crippen molar-refractivity contribution in [1.82, 2.24) is 0 Å². The van der Waals surface area contributed by atoms with Gasteiger partial charge >= 0.3 is 12.1 Å². The lowest BCUT2D eigenvalue weighted by atomic mass is 10.1. The topological polar surface area (TPSA) is 85.9 Å². The average Bonchev–Trinajstić information content (AvgIpc) is 2.45. The second-order valence-corrected chi connectivity index (χ2v) is 6.24. The van der Waals surface area contributed by atoms with Gasteiger partial charge in [-0.05, 0) is 39.0 Å². The van der Waals surface area contributed by atoms with E-state index in [1.807, 2.05) is 0 Å². The molecule has 0 bridgehead atoms. The number of amides is 1. The van der Waals surface area contributed by atoms with Gasteiger partial charge in [-0.25, -0.2) is 4.79 Å². The number of benzene rings is 1. The monoisotopic (exact) mass is 322 g/mol. The van der Waals surface area contributed by atoms with Crippen molar-refractivity contribution in [3.63, 3.8) is 0 Å². The second kappa shape index (κ2) is 6.76. The fraction of sp³-hybridized carbons (Fsp3) is 0.500. The van der Waals surface area contributed by atoms with E-state index < -0.39 is 11.7 Å². The molecule has 23 heavy (non-hydrogen) atoms. The zero-order chi connectivity index (χ0) is 17.0. The molecule has 7 heteroatoms. The Morgan fingerprint density at radius 3 is 2.78 bits per heavy atom. The number of carbonyl (C=O) groups is 2. The van der Waals surface area contributed by atoms with Crippen LogP contribution in [-0.4, -0.2) is 37.4 Å². The van der Waals surface area contributed by atoms with Crippen molar-refractivity contribution in [1.29, 1.82) is 0 Å². The molecule has 126 valence electrons. The third-order valence-corrected chi connectivity index (χ3v) is 3.06. The summed E-state index contributed by atoms with van der Waals surface area (Å²) in [7, 11) is 1.35. The highest BCUT2D eigenvalue weighted by Gasteiger charge is 2.23. The predicted octanol–water partition coefficient (Wildman–Crippen LogP) is 2.77. The van der Waals surface area contributed by atoms with Gasteiger partial charge in [0.1, 0.15) is 17.5 Å². The van der Waals surface area contributed by atoms with Crippen molar-refractivity contribution in [3.05, 3.63) is 18.2 Å². The van der Waals surface area contributed by atoms with Gasteiger partial charge in [-0.2, -0.15) is 0 Å². The molecule has 0 saturated heterocycles. The third kappa shape index (κ3) is 5.05. The number of esters is 1. The normalized spacial score (nSPS) is 16.4. The quantitative estimate of drug-likeness (QED) is 0.832. The Hall–Kier alpha value is -2.44. The molecular weight excluding hydrogens is 300 g/mol. The molecule has 0 fully saturated rings. The number of hydrogen-bond donors (Lipinski definition) is 2. The third-order valence-electron chi connectivity index (χ3n) is 3.06. The van der Waals surface area contributed by atoms with E-state index in [1.165, 1.54) is 7.11 Å². The molecule has 1 atom stereocenters. The van der Waals surface area contributed by atoms with E-state index in [0.29, 0.717) is 18.0 Å². The zero-order valence-electron chi connectivity index (χ0n) is 13.8. The van der Waals surface area contributed by atoms with Gasteiger partial charge < -0.3 is 19.5 Å². The number of rotatable bonds is 3. The van der Waals surface area contributed by atoms with E-state index in [9.17, 15) is 9.59 Å². The summed E-state index contributed by atoms with van der Waals surface area (Å²) in [5.41, 5.74) is 0.793. The smallest absolute Gasteiger partial charge is 0.412 e. The molecule has 0 spiro atoms. The van der Waals surface area contributed by atoms with Gasteiger partial charge in [0.15, 0.2) is 0 Å². The highest BCUT2D eigenvalue weighted by Crippen LogP contribution is 2.32. The molecular formula is C16H22N2O5. The first-order valence-electron chi connectivity index (χ1n) is 7.38. The summed E-state index contributed by atoms with van der Waals surface area (Å²) in [6.07, 6.45) is -0.613. The van der Waals surface area contributed by atoms with Crippen LogP contribution in [0.2, 0.25) is 0 Å². The summed E-state index contributed by atoms with van der Waals surface area (Å²) in [6.45, 7) is 5.89. The van der Waals surface area contributed by atoms with E-state index in [0.717, 1.165) is 5.69 Å². The molecule has 0 radical (unpaired) electrons. The number of carbonyl (C=O) groups excluding carboxylic acids is 2. The van der Waals surface area contributed by atoms with Gasteiger partial charge in [-0.3, -0.25) is 10.1 Å². The molecule has 2 rings (SSSR count). The van der Waals surface area contributed by atoms with Crippen molar-refractivity contribution in [2.24, 2.45) is 0 Å². The number of hydrogen-bond acceptors (Lipinski definition) is 6. The molecule has 7 nitrogen and oxygen atoms in total. The molecule has 1 aromatic carbocycles. The van der Waals surface area contributed by atoms with Crippen LogP contribution in [-0.2, 0) is 14.3 Å². The maximum Gasteiger partial charge on any atom is 0.412 e. The van der Waals surface area contributed by atoms with Crippen molar-refractivity contribution in [2.45, 2.75) is 38.9 Å². The maximum absolute atomic E-state index is 11.8. The largest absolute Gasteiger partial charge is 0.486 e. The zero-order valence-corrected chi connectivity index (χ0v) is 13.8. The minimum Gasteiger partial charge on any atom is -0.486 e. The first-order valence-corrected chi connectivity index (χ1v) is 7.38. The first kappa shape index (κ1) is 16.9. The summed E-state index contributed by atoms with van der Waals surface area (Å²) < 4.78 is 15.6. The highest BCUT2D eigenvalue weighted by atomic mass is 16.6. The van der Waals surface area contributed by atoms with Crippen LogP contribution >= 0.6 is 0 Å². The van der Waals surface area contributed by atoms with Crippen LogP contribution in [0.4, 0.5) is 16.2 Å². The van der Waals surface area contributed by atoms with Crippen LogP contribution in [0.25, 0.3) is 0 Å².